The number of sulfone groups is 1. The van der Waals surface area contributed by atoms with Crippen molar-refractivity contribution in [2.45, 2.75) is 38.3 Å². The molecule has 3 amide bonds. The second-order valence-electron chi connectivity index (χ2n) is 6.24. The number of nitrogens with one attached hydrogen (secondary N) is 3. The van der Waals surface area contributed by atoms with Crippen LogP contribution >= 0.6 is 0 Å². The molecule has 160 valence electrons. The number of benzene rings is 1. The Hall–Kier alpha value is -2.94. The molecule has 1 aromatic rings. The predicted molar refractivity (Wildman–Crippen MR) is 99.8 cm³/mol. The van der Waals surface area contributed by atoms with Crippen LogP contribution in [0.5, 0.6) is 5.75 Å². The van der Waals surface area contributed by atoms with Crippen molar-refractivity contribution < 1.29 is 31.5 Å². The van der Waals surface area contributed by atoms with Crippen LogP contribution < -0.4 is 20.7 Å². The van der Waals surface area contributed by atoms with Gasteiger partial charge >= 0.3 is 12.6 Å². The van der Waals surface area contributed by atoms with Crippen molar-refractivity contribution in [3.05, 3.63) is 29.8 Å². The third-order valence-electron chi connectivity index (χ3n) is 3.37. The minimum absolute atomic E-state index is 0.0179. The van der Waals surface area contributed by atoms with Gasteiger partial charge in [0.25, 0.3) is 0 Å². The molecule has 0 bridgehead atoms. The third kappa shape index (κ3) is 9.20. The van der Waals surface area contributed by atoms with Crippen molar-refractivity contribution in [1.82, 2.24) is 16.0 Å². The lowest BCUT2D eigenvalue weighted by Crippen LogP contribution is -2.54. The summed E-state index contributed by atoms with van der Waals surface area (Å²) in [6.07, 6.45) is 0. The zero-order chi connectivity index (χ0) is 22.0. The Kier molecular flexibility index (Phi) is 9.27. The second-order valence-corrected chi connectivity index (χ2v) is 8.35. The first-order chi connectivity index (χ1) is 13.5. The highest BCUT2D eigenvalue weighted by Crippen LogP contribution is 2.22. The number of alkyl halides is 2. The molecule has 0 radical (unpaired) electrons. The molecule has 0 fully saturated rings. The Morgan fingerprint density at radius 1 is 1.21 bits per heavy atom. The Bertz CT molecular complexity index is 856. The Labute approximate surface area is 167 Å². The predicted octanol–water partition coefficient (Wildman–Crippen LogP) is 0.919. The van der Waals surface area contributed by atoms with Crippen molar-refractivity contribution in [1.29, 1.82) is 5.26 Å². The van der Waals surface area contributed by atoms with E-state index in [-0.39, 0.29) is 23.9 Å². The van der Waals surface area contributed by atoms with Gasteiger partial charge in [-0.1, -0.05) is 18.2 Å². The smallest absolute Gasteiger partial charge is 0.387 e. The Balaban J connectivity index is 2.99. The fourth-order valence-electron chi connectivity index (χ4n) is 2.28. The molecule has 3 N–H and O–H groups in total. The van der Waals surface area contributed by atoms with E-state index in [1.807, 2.05) is 0 Å². The number of para-hydroxylation sites is 1. The second kappa shape index (κ2) is 11.2. The molecule has 29 heavy (non-hydrogen) atoms. The van der Waals surface area contributed by atoms with Crippen molar-refractivity contribution in [2.24, 2.45) is 0 Å². The first-order valence-corrected chi connectivity index (χ1v) is 10.3. The number of rotatable bonds is 10. The first-order valence-electron chi connectivity index (χ1n) is 8.49. The van der Waals surface area contributed by atoms with Gasteiger partial charge in [0.1, 0.15) is 18.3 Å². The summed E-state index contributed by atoms with van der Waals surface area (Å²) >= 11 is 0. The van der Waals surface area contributed by atoms with Crippen LogP contribution in [-0.2, 0) is 20.4 Å². The number of carbonyl (C=O) groups excluding carboxylic acids is 2. The fraction of sp³-hybridized carbons (Fsp3) is 0.471. The summed E-state index contributed by atoms with van der Waals surface area (Å²) in [4.78, 5) is 24.1. The molecule has 9 nitrogen and oxygen atoms in total. The van der Waals surface area contributed by atoms with Gasteiger partial charge in [-0.25, -0.2) is 13.2 Å². The number of hydrogen-bond donors (Lipinski definition) is 3. The van der Waals surface area contributed by atoms with Crippen molar-refractivity contribution in [3.8, 4) is 11.8 Å². The molecule has 0 aliphatic heterocycles. The molecule has 0 heterocycles. The van der Waals surface area contributed by atoms with Crippen LogP contribution in [0.4, 0.5) is 13.6 Å². The van der Waals surface area contributed by atoms with Crippen LogP contribution in [0.2, 0.25) is 0 Å². The summed E-state index contributed by atoms with van der Waals surface area (Å²) in [7, 11) is -4.05. The van der Waals surface area contributed by atoms with E-state index in [0.29, 0.717) is 0 Å². The number of nitriles is 1. The zero-order valence-corrected chi connectivity index (χ0v) is 16.6. The summed E-state index contributed by atoms with van der Waals surface area (Å²) in [5.74, 6) is -2.67. The van der Waals surface area contributed by atoms with E-state index in [1.165, 1.54) is 24.3 Å². The number of halogens is 2. The number of amides is 3. The molecule has 0 aliphatic rings. The van der Waals surface area contributed by atoms with Crippen LogP contribution in [0.15, 0.2) is 24.3 Å². The molecular formula is C17H22F2N4O5S. The molecule has 1 aromatic carbocycles. The molecular weight excluding hydrogens is 410 g/mol. The lowest BCUT2D eigenvalue weighted by atomic mass is 10.2. The van der Waals surface area contributed by atoms with Gasteiger partial charge in [-0.15, -0.1) is 0 Å². The number of ether oxygens (including phenoxy) is 1. The average Bonchev–Trinajstić information content (AvgIpc) is 2.59. The van der Waals surface area contributed by atoms with Gasteiger partial charge in [0.15, 0.2) is 9.84 Å². The van der Waals surface area contributed by atoms with E-state index < -0.39 is 45.9 Å². The van der Waals surface area contributed by atoms with E-state index in [9.17, 15) is 26.8 Å². The molecule has 0 saturated heterocycles. The van der Waals surface area contributed by atoms with Crippen LogP contribution in [-0.4, -0.2) is 51.3 Å². The topological polar surface area (TPSA) is 137 Å². The minimum atomic E-state index is -4.05. The van der Waals surface area contributed by atoms with E-state index in [2.05, 4.69) is 20.7 Å². The van der Waals surface area contributed by atoms with Crippen molar-refractivity contribution >= 4 is 21.8 Å². The molecule has 1 rings (SSSR count). The highest BCUT2D eigenvalue weighted by Gasteiger charge is 2.28. The largest absolute Gasteiger partial charge is 0.435 e. The maximum absolute atomic E-state index is 12.6. The summed E-state index contributed by atoms with van der Waals surface area (Å²) in [5, 5.41) is 15.5. The van der Waals surface area contributed by atoms with E-state index in [0.717, 1.165) is 0 Å². The lowest BCUT2D eigenvalue weighted by Gasteiger charge is -2.19. The van der Waals surface area contributed by atoms with Gasteiger partial charge in [-0.05, 0) is 19.9 Å². The molecule has 12 heteroatoms. The SMILES string of the molecule is CC(C)NC(=O)N[C@@H](CS(=O)(=O)Cc1ccccc1OC(F)F)C(=O)NCC#N. The molecule has 0 saturated carbocycles. The van der Waals surface area contributed by atoms with Crippen molar-refractivity contribution in [3.63, 3.8) is 0 Å². The fourth-order valence-corrected chi connectivity index (χ4v) is 3.85. The van der Waals surface area contributed by atoms with E-state index in [1.54, 1.807) is 19.9 Å². The Morgan fingerprint density at radius 2 is 1.86 bits per heavy atom. The summed E-state index contributed by atoms with van der Waals surface area (Å²) < 4.78 is 54.5. The lowest BCUT2D eigenvalue weighted by molar-refractivity contribution is -0.122. The summed E-state index contributed by atoms with van der Waals surface area (Å²) in [5.41, 5.74) is -0.0179. The van der Waals surface area contributed by atoms with Crippen LogP contribution in [0.25, 0.3) is 0 Å². The number of urea groups is 1. The average molecular weight is 432 g/mol. The highest BCUT2D eigenvalue weighted by atomic mass is 32.2. The molecule has 0 spiro atoms. The van der Waals surface area contributed by atoms with Gasteiger partial charge in [0.2, 0.25) is 5.91 Å². The highest BCUT2D eigenvalue weighted by molar-refractivity contribution is 7.90. The van der Waals surface area contributed by atoms with Crippen molar-refractivity contribution in [2.75, 3.05) is 12.3 Å². The monoisotopic (exact) mass is 432 g/mol. The molecule has 0 unspecified atom stereocenters. The summed E-state index contributed by atoms with van der Waals surface area (Å²) in [6, 6.07) is 4.50. The third-order valence-corrected chi connectivity index (χ3v) is 4.96. The number of hydrogen-bond acceptors (Lipinski definition) is 6. The normalized spacial score (nSPS) is 12.2. The molecule has 1 atom stereocenters. The maximum atomic E-state index is 12.6. The standard InChI is InChI=1S/C17H22F2N4O5S/c1-11(2)22-17(25)23-13(15(24)21-8-7-20)10-29(26,27)9-12-5-3-4-6-14(12)28-16(18)19/h3-6,11,13,16H,8-10H2,1-2H3,(H,21,24)(H2,22,23,25)/t13-/m0/s1. The Morgan fingerprint density at radius 3 is 2.45 bits per heavy atom. The number of carbonyl (C=O) groups is 2. The van der Waals surface area contributed by atoms with Gasteiger partial charge in [0, 0.05) is 11.6 Å². The first kappa shape index (κ1) is 24.1. The van der Waals surface area contributed by atoms with Crippen LogP contribution in [0, 0.1) is 11.3 Å². The zero-order valence-electron chi connectivity index (χ0n) is 15.8. The van der Waals surface area contributed by atoms with E-state index in [4.69, 9.17) is 5.26 Å². The maximum Gasteiger partial charge on any atom is 0.387 e. The summed E-state index contributed by atoms with van der Waals surface area (Å²) in [6.45, 7) is -0.180. The van der Waals surface area contributed by atoms with E-state index >= 15 is 0 Å². The van der Waals surface area contributed by atoms with Crippen LogP contribution in [0.3, 0.4) is 0 Å². The van der Waals surface area contributed by atoms with Crippen LogP contribution in [0.1, 0.15) is 19.4 Å². The quantitative estimate of drug-likeness (QED) is 0.470. The number of nitrogens with zero attached hydrogens (tertiary/aromatic N) is 1. The van der Waals surface area contributed by atoms with Gasteiger partial charge in [0.05, 0.1) is 17.6 Å². The van der Waals surface area contributed by atoms with Gasteiger partial charge < -0.3 is 20.7 Å². The minimum Gasteiger partial charge on any atom is -0.435 e. The van der Waals surface area contributed by atoms with Gasteiger partial charge in [-0.2, -0.15) is 14.0 Å². The molecule has 0 aromatic heterocycles. The van der Waals surface area contributed by atoms with Gasteiger partial charge in [-0.3, -0.25) is 4.79 Å². The molecule has 0 aliphatic carbocycles.